The van der Waals surface area contributed by atoms with E-state index in [1.165, 1.54) is 24.3 Å². The smallest absolute Gasteiger partial charge is 0.401 e. The molecule has 1 heterocycles. The lowest BCUT2D eigenvalue weighted by Crippen LogP contribution is -2.54. The van der Waals surface area contributed by atoms with E-state index in [4.69, 9.17) is 4.74 Å². The van der Waals surface area contributed by atoms with Crippen molar-refractivity contribution >= 4 is 23.4 Å². The molecule has 0 fully saturated rings. The second-order valence-electron chi connectivity index (χ2n) is 6.69. The Balaban J connectivity index is 1.66. The van der Waals surface area contributed by atoms with Gasteiger partial charge in [-0.2, -0.15) is 35.7 Å². The monoisotopic (exact) mass is 477 g/mol. The maximum atomic E-state index is 13.3. The average molecular weight is 477 g/mol. The van der Waals surface area contributed by atoms with Crippen molar-refractivity contribution in [3.63, 3.8) is 0 Å². The van der Waals surface area contributed by atoms with Gasteiger partial charge >= 0.3 is 24.0 Å². The number of amidine groups is 1. The van der Waals surface area contributed by atoms with E-state index >= 15 is 0 Å². The second-order valence-corrected chi connectivity index (χ2v) is 6.69. The van der Waals surface area contributed by atoms with Crippen molar-refractivity contribution in [1.82, 2.24) is 0 Å². The Morgan fingerprint density at radius 2 is 1.67 bits per heavy atom. The van der Waals surface area contributed by atoms with Crippen molar-refractivity contribution < 1.29 is 45.0 Å². The van der Waals surface area contributed by atoms with Gasteiger partial charge in [0.15, 0.2) is 0 Å². The number of aliphatic imine (C=N–C) groups is 1. The number of cyclic esters (lactones) is 1. The fraction of sp³-hybridized carbons (Fsp3) is 0.250. The van der Waals surface area contributed by atoms with Crippen LogP contribution in [0.4, 0.5) is 36.4 Å². The van der Waals surface area contributed by atoms with E-state index in [0.717, 1.165) is 0 Å². The molecule has 0 amide bonds. The Hall–Kier alpha value is -3.48. The number of para-hydroxylation sites is 1. The fourth-order valence-electron chi connectivity index (χ4n) is 2.51. The molecular formula is C20H14F7N3O3. The predicted molar refractivity (Wildman–Crippen MR) is 102 cm³/mol. The zero-order valence-electron chi connectivity index (χ0n) is 16.4. The number of benzene rings is 2. The van der Waals surface area contributed by atoms with Crippen LogP contribution in [-0.4, -0.2) is 42.3 Å². The van der Waals surface area contributed by atoms with Crippen LogP contribution < -0.4 is 5.43 Å². The molecule has 0 radical (unpaired) electrons. The van der Waals surface area contributed by atoms with Crippen molar-refractivity contribution in [2.24, 2.45) is 10.1 Å². The van der Waals surface area contributed by atoms with Gasteiger partial charge in [0.1, 0.15) is 6.61 Å². The van der Waals surface area contributed by atoms with E-state index < -0.39 is 37.2 Å². The molecule has 176 valence electrons. The number of ether oxygens (including phenoxy) is 2. The number of nitrogens with one attached hydrogen (secondary N) is 1. The highest BCUT2D eigenvalue weighted by Crippen LogP contribution is 2.46. The van der Waals surface area contributed by atoms with Crippen LogP contribution in [0.2, 0.25) is 0 Å². The lowest BCUT2D eigenvalue weighted by Gasteiger charge is -2.27. The first-order valence-electron chi connectivity index (χ1n) is 9.10. The third-order valence-corrected chi connectivity index (χ3v) is 4.19. The Bertz CT molecular complexity index is 1070. The quantitative estimate of drug-likeness (QED) is 0.338. The van der Waals surface area contributed by atoms with Crippen LogP contribution in [0.5, 0.6) is 0 Å². The van der Waals surface area contributed by atoms with Gasteiger partial charge in [-0.05, 0) is 29.8 Å². The minimum absolute atomic E-state index is 0.130. The standard InChI is InChI=1S/C20H14F7N3O3/c21-18(22,19(23,24)20(25,26)27)11-32-10-12-5-4-6-13(9-12)16-28-15(17(31)33-16)30-29-14-7-2-1-3-8-14/h1-9,29H,10-11H2. The number of hydrogen-bond donors (Lipinski definition) is 1. The number of hydrogen-bond acceptors (Lipinski definition) is 5. The summed E-state index contributed by atoms with van der Waals surface area (Å²) in [6.07, 6.45) is -6.43. The molecule has 2 aromatic carbocycles. The zero-order valence-corrected chi connectivity index (χ0v) is 16.4. The van der Waals surface area contributed by atoms with Crippen molar-refractivity contribution in [1.29, 1.82) is 0 Å². The molecule has 33 heavy (non-hydrogen) atoms. The van der Waals surface area contributed by atoms with Crippen LogP contribution in [0.25, 0.3) is 0 Å². The first-order chi connectivity index (χ1) is 15.4. The average Bonchev–Trinajstić information content (AvgIpc) is 3.13. The molecule has 0 saturated carbocycles. The largest absolute Gasteiger partial charge is 0.459 e. The van der Waals surface area contributed by atoms with E-state index in [9.17, 15) is 35.5 Å². The highest BCUT2D eigenvalue weighted by atomic mass is 19.4. The second kappa shape index (κ2) is 9.17. The number of carbonyl (C=O) groups is 1. The molecular weight excluding hydrogens is 463 g/mol. The maximum Gasteiger partial charge on any atom is 0.459 e. The molecule has 0 atom stereocenters. The summed E-state index contributed by atoms with van der Waals surface area (Å²) in [7, 11) is 0. The first kappa shape index (κ1) is 24.2. The van der Waals surface area contributed by atoms with Crippen LogP contribution in [0.1, 0.15) is 11.1 Å². The lowest BCUT2D eigenvalue weighted by atomic mass is 10.1. The van der Waals surface area contributed by atoms with E-state index in [1.54, 1.807) is 30.3 Å². The van der Waals surface area contributed by atoms with Crippen molar-refractivity contribution in [2.75, 3.05) is 12.0 Å². The number of halogens is 7. The van der Waals surface area contributed by atoms with Crippen LogP contribution >= 0.6 is 0 Å². The highest BCUT2D eigenvalue weighted by molar-refractivity contribution is 6.43. The van der Waals surface area contributed by atoms with Gasteiger partial charge in [0.25, 0.3) is 5.84 Å². The summed E-state index contributed by atoms with van der Waals surface area (Å²) in [6.45, 7) is -2.88. The van der Waals surface area contributed by atoms with Crippen LogP contribution in [-0.2, 0) is 20.9 Å². The molecule has 2 aromatic rings. The number of carbonyl (C=O) groups excluding carboxylic acids is 1. The molecule has 0 unspecified atom stereocenters. The molecule has 1 aliphatic rings. The molecule has 3 rings (SSSR count). The molecule has 6 nitrogen and oxygen atoms in total. The van der Waals surface area contributed by atoms with Gasteiger partial charge in [-0.3, -0.25) is 5.43 Å². The van der Waals surface area contributed by atoms with Crippen LogP contribution in [0.15, 0.2) is 64.7 Å². The van der Waals surface area contributed by atoms with Gasteiger partial charge in [-0.15, -0.1) is 5.10 Å². The van der Waals surface area contributed by atoms with E-state index in [0.29, 0.717) is 5.69 Å². The number of alkyl halides is 7. The van der Waals surface area contributed by atoms with Crippen LogP contribution in [0.3, 0.4) is 0 Å². The molecule has 0 saturated heterocycles. The zero-order chi connectivity index (χ0) is 24.3. The number of nitrogens with zero attached hydrogens (tertiary/aromatic N) is 2. The summed E-state index contributed by atoms with van der Waals surface area (Å²) in [5, 5.41) is 3.83. The van der Waals surface area contributed by atoms with Gasteiger partial charge in [-0.25, -0.2) is 4.79 Å². The topological polar surface area (TPSA) is 72.3 Å². The summed E-state index contributed by atoms with van der Waals surface area (Å²) in [4.78, 5) is 15.9. The minimum Gasteiger partial charge on any atom is -0.401 e. The van der Waals surface area contributed by atoms with Crippen LogP contribution in [0, 0.1) is 0 Å². The Morgan fingerprint density at radius 3 is 2.33 bits per heavy atom. The molecule has 13 heteroatoms. The van der Waals surface area contributed by atoms with E-state index in [2.05, 4.69) is 20.3 Å². The predicted octanol–water partition coefficient (Wildman–Crippen LogP) is 4.77. The van der Waals surface area contributed by atoms with Crippen molar-refractivity contribution in [3.8, 4) is 0 Å². The molecule has 1 N–H and O–H groups in total. The third-order valence-electron chi connectivity index (χ3n) is 4.19. The molecule has 0 spiro atoms. The third kappa shape index (κ3) is 5.48. The molecule has 0 aromatic heterocycles. The molecule has 1 aliphatic heterocycles. The van der Waals surface area contributed by atoms with E-state index in [-0.39, 0.29) is 22.9 Å². The number of esters is 1. The first-order valence-corrected chi connectivity index (χ1v) is 9.10. The summed E-state index contributed by atoms with van der Waals surface area (Å²) < 4.78 is 98.4. The van der Waals surface area contributed by atoms with Gasteiger partial charge in [0.2, 0.25) is 5.90 Å². The Morgan fingerprint density at radius 1 is 0.970 bits per heavy atom. The molecule has 0 aliphatic carbocycles. The normalized spacial score (nSPS) is 16.0. The summed E-state index contributed by atoms with van der Waals surface area (Å²) >= 11 is 0. The van der Waals surface area contributed by atoms with Gasteiger partial charge in [0, 0.05) is 5.56 Å². The van der Waals surface area contributed by atoms with Crippen molar-refractivity contribution in [2.45, 2.75) is 24.6 Å². The van der Waals surface area contributed by atoms with Gasteiger partial charge < -0.3 is 9.47 Å². The number of anilines is 1. The van der Waals surface area contributed by atoms with E-state index in [1.807, 2.05) is 0 Å². The maximum absolute atomic E-state index is 13.3. The summed E-state index contributed by atoms with van der Waals surface area (Å²) in [5.41, 5.74) is 3.52. The Labute approximate surface area is 181 Å². The highest BCUT2D eigenvalue weighted by Gasteiger charge is 2.72. The summed E-state index contributed by atoms with van der Waals surface area (Å²) in [6, 6.07) is 14.1. The number of rotatable bonds is 8. The SMILES string of the molecule is O=C1OC(c2cccc(COCC(F)(F)C(F)(F)C(F)(F)F)c2)=NC1=NNc1ccccc1. The summed E-state index contributed by atoms with van der Waals surface area (Å²) in [5.74, 6) is -13.1. The fourth-order valence-corrected chi connectivity index (χ4v) is 2.51. The van der Waals surface area contributed by atoms with Gasteiger partial charge in [0.05, 0.1) is 12.3 Å². The lowest BCUT2D eigenvalue weighted by molar-refractivity contribution is -0.361. The van der Waals surface area contributed by atoms with Crippen molar-refractivity contribution in [3.05, 3.63) is 65.7 Å². The number of hydrazone groups is 1. The minimum atomic E-state index is -6.43. The Kier molecular flexibility index (Phi) is 6.72. The molecule has 0 bridgehead atoms. The van der Waals surface area contributed by atoms with Gasteiger partial charge in [-0.1, -0.05) is 30.3 Å².